The van der Waals surface area contributed by atoms with Crippen LogP contribution in [0.1, 0.15) is 6.92 Å². The van der Waals surface area contributed by atoms with E-state index in [2.05, 4.69) is 28.1 Å². The van der Waals surface area contributed by atoms with Gasteiger partial charge in [-0.2, -0.15) is 0 Å². The van der Waals surface area contributed by atoms with E-state index in [1.165, 1.54) is 6.54 Å². The zero-order valence-electron chi connectivity index (χ0n) is 6.87. The minimum atomic E-state index is -1.72. The molecule has 0 aromatic heterocycles. The van der Waals surface area contributed by atoms with Gasteiger partial charge in [0, 0.05) is 0 Å². The molecule has 10 heavy (non-hydrogen) atoms. The largest absolute Gasteiger partial charge is 0.643 e. The molecule has 0 radical (unpaired) electrons. The van der Waals surface area contributed by atoms with Crippen molar-refractivity contribution in [2.75, 3.05) is 27.7 Å². The Morgan fingerprint density at radius 2 is 1.20 bits per heavy atom. The molecule has 0 unspecified atom stereocenters. The van der Waals surface area contributed by atoms with Crippen molar-refractivity contribution in [3.8, 4) is 0 Å². The monoisotopic (exact) mass is 220 g/mol. The molecule has 0 heterocycles. The fourth-order valence-electron chi connectivity index (χ4n) is 0. The van der Waals surface area contributed by atoms with Crippen LogP contribution in [0.3, 0.4) is 0 Å². The summed E-state index contributed by atoms with van der Waals surface area (Å²) in [6.45, 7) is 3.39. The van der Waals surface area contributed by atoms with Gasteiger partial charge in [0.15, 0.2) is 0 Å². The van der Waals surface area contributed by atoms with Crippen molar-refractivity contribution in [2.24, 2.45) is 0 Å². The van der Waals surface area contributed by atoms with Crippen molar-refractivity contribution in [3.63, 3.8) is 0 Å². The number of hydrogen-bond acceptors (Lipinski definition) is 0. The molecular weight excluding hydrogens is 207 g/mol. The summed E-state index contributed by atoms with van der Waals surface area (Å²) in [5, 5.41) is 0. The van der Waals surface area contributed by atoms with Gasteiger partial charge in [-0.3, -0.25) is 0 Å². The minimum absolute atomic E-state index is 1.07. The number of halogens is 3. The molecule has 0 amide bonds. The highest BCUT2D eigenvalue weighted by Crippen LogP contribution is 1.97. The molecule has 0 fully saturated rings. The molecule has 0 aliphatic heterocycles. The third-order valence-electron chi connectivity index (χ3n) is 0.949. The normalized spacial score (nSPS) is 9.90. The highest BCUT2D eigenvalue weighted by molar-refractivity contribution is 7.54. The first-order valence-electron chi connectivity index (χ1n) is 3.02. The predicted octanol–water partition coefficient (Wildman–Crippen LogP) is 2.40. The average Bonchev–Trinajstić information content (AvgIpc) is 1.63. The summed E-state index contributed by atoms with van der Waals surface area (Å²) in [6, 6.07) is 0. The second-order valence-corrected chi connectivity index (χ2v) is 9.29. The molecule has 0 saturated carbocycles. The maximum Gasteiger partial charge on any atom is 0.643 e. The highest BCUT2D eigenvalue weighted by Gasteiger charge is 2.00. The molecule has 0 N–H and O–H groups in total. The summed E-state index contributed by atoms with van der Waals surface area (Å²) in [7, 11) is 21.4. The summed E-state index contributed by atoms with van der Waals surface area (Å²) < 4.78 is 1.07. The molecule has 0 atom stereocenters. The van der Waals surface area contributed by atoms with E-state index in [-0.39, 0.29) is 0 Å². The van der Waals surface area contributed by atoms with E-state index < -0.39 is 11.4 Å². The number of rotatable bonds is 1. The smallest absolute Gasteiger partial charge is 0.331 e. The van der Waals surface area contributed by atoms with Crippen LogP contribution in [0.2, 0.25) is 0 Å². The van der Waals surface area contributed by atoms with Gasteiger partial charge in [0.05, 0.1) is 27.7 Å². The summed E-state index contributed by atoms with van der Waals surface area (Å²) in [4.78, 5) is 0. The van der Waals surface area contributed by atoms with Crippen LogP contribution in [0, 0.1) is 0 Å². The molecule has 0 aromatic rings. The molecule has 62 valence electrons. The van der Waals surface area contributed by atoms with Crippen molar-refractivity contribution >= 4 is 41.5 Å². The van der Waals surface area contributed by atoms with Crippen molar-refractivity contribution < 1.29 is 4.48 Å². The Morgan fingerprint density at radius 1 is 1.10 bits per heavy atom. The molecule has 0 aliphatic rings. The Kier molecular flexibility index (Phi) is 9.79. The van der Waals surface area contributed by atoms with Crippen molar-refractivity contribution in [2.45, 2.75) is 6.92 Å². The molecular formula is C5H14AlCl3N+. The summed E-state index contributed by atoms with van der Waals surface area (Å²) >= 11 is -1.72. The quantitative estimate of drug-likeness (QED) is 0.471. The maximum absolute atomic E-state index is 4.94. The first-order valence-corrected chi connectivity index (χ1v) is 8.26. The van der Waals surface area contributed by atoms with E-state index in [9.17, 15) is 0 Å². The van der Waals surface area contributed by atoms with Crippen molar-refractivity contribution in [3.05, 3.63) is 0 Å². The number of quaternary nitrogens is 1. The predicted molar refractivity (Wildman–Crippen MR) is 51.9 cm³/mol. The van der Waals surface area contributed by atoms with Gasteiger partial charge < -0.3 is 4.48 Å². The second-order valence-electron chi connectivity index (χ2n) is 2.85. The first-order chi connectivity index (χ1) is 4.29. The van der Waals surface area contributed by atoms with Crippen molar-refractivity contribution in [1.29, 1.82) is 0 Å². The fraction of sp³-hybridized carbons (Fsp3) is 1.00. The zero-order chi connectivity index (χ0) is 8.78. The lowest BCUT2D eigenvalue weighted by atomic mass is 10.6. The van der Waals surface area contributed by atoms with Gasteiger partial charge in [-0.15, -0.1) is 0 Å². The molecule has 1 nitrogen and oxygen atoms in total. The van der Waals surface area contributed by atoms with E-state index in [0.717, 1.165) is 4.48 Å². The summed E-state index contributed by atoms with van der Waals surface area (Å²) in [6.07, 6.45) is 0. The molecule has 0 aromatic carbocycles. The minimum Gasteiger partial charge on any atom is -0.331 e. The van der Waals surface area contributed by atoms with Gasteiger partial charge in [-0.05, 0) is 6.92 Å². The first kappa shape index (κ1) is 13.9. The molecule has 0 saturated heterocycles. The Bertz CT molecular complexity index is 69.0. The van der Waals surface area contributed by atoms with E-state index in [1.807, 2.05) is 0 Å². The topological polar surface area (TPSA) is 0 Å². The fourth-order valence-corrected chi connectivity index (χ4v) is 0. The molecule has 0 spiro atoms. The van der Waals surface area contributed by atoms with Gasteiger partial charge in [-0.1, -0.05) is 0 Å². The van der Waals surface area contributed by atoms with Crippen LogP contribution in [0.5, 0.6) is 0 Å². The third-order valence-corrected chi connectivity index (χ3v) is 0.949. The van der Waals surface area contributed by atoms with E-state index >= 15 is 0 Å². The maximum atomic E-state index is 4.94. The van der Waals surface area contributed by atoms with Crippen molar-refractivity contribution in [1.82, 2.24) is 0 Å². The summed E-state index contributed by atoms with van der Waals surface area (Å²) in [5.41, 5.74) is 0. The van der Waals surface area contributed by atoms with Crippen LogP contribution >= 0.6 is 30.1 Å². The van der Waals surface area contributed by atoms with Crippen LogP contribution in [0.15, 0.2) is 0 Å². The third kappa shape index (κ3) is 34.4. The Morgan fingerprint density at radius 3 is 1.20 bits per heavy atom. The standard InChI is InChI=1S/C5H14N.Al.3ClH/c1-5-6(2,3)4;;;;/h5H2,1-4H3;;3*1H/q+1;+3;;;/p-3. The van der Waals surface area contributed by atoms with Crippen LogP contribution < -0.4 is 0 Å². The number of nitrogens with zero attached hydrogens (tertiary/aromatic N) is 1. The lowest BCUT2D eigenvalue weighted by molar-refractivity contribution is -0.868. The Hall–Kier alpha value is 1.36. The van der Waals surface area contributed by atoms with Gasteiger partial charge in [0.1, 0.15) is 0 Å². The second kappa shape index (κ2) is 7.04. The average molecular weight is 222 g/mol. The van der Waals surface area contributed by atoms with E-state index in [4.69, 9.17) is 30.1 Å². The van der Waals surface area contributed by atoms with Crippen LogP contribution in [0.25, 0.3) is 0 Å². The number of hydrogen-bond donors (Lipinski definition) is 0. The van der Waals surface area contributed by atoms with Gasteiger partial charge in [0.2, 0.25) is 0 Å². The van der Waals surface area contributed by atoms with Gasteiger partial charge in [-0.25, -0.2) is 30.1 Å². The van der Waals surface area contributed by atoms with Gasteiger partial charge in [0.25, 0.3) is 0 Å². The van der Waals surface area contributed by atoms with Crippen LogP contribution in [-0.4, -0.2) is 43.6 Å². The molecule has 0 rings (SSSR count). The van der Waals surface area contributed by atoms with E-state index in [0.29, 0.717) is 0 Å². The van der Waals surface area contributed by atoms with E-state index in [1.54, 1.807) is 0 Å². The lowest BCUT2D eigenvalue weighted by Gasteiger charge is -2.20. The summed E-state index contributed by atoms with van der Waals surface area (Å²) in [5.74, 6) is 0. The van der Waals surface area contributed by atoms with Crippen LogP contribution in [-0.2, 0) is 0 Å². The molecule has 0 bridgehead atoms. The Labute approximate surface area is 80.5 Å². The van der Waals surface area contributed by atoms with Crippen LogP contribution in [0.4, 0.5) is 0 Å². The Balaban J connectivity index is 0. The zero-order valence-corrected chi connectivity index (χ0v) is 10.3. The SMILES string of the molecule is CC[N+](C)(C)C.[Cl][Al]([Cl])[Cl]. The molecule has 0 aliphatic carbocycles. The van der Waals surface area contributed by atoms with Gasteiger partial charge >= 0.3 is 11.4 Å². The highest BCUT2D eigenvalue weighted by atomic mass is 35.8. The molecule has 5 heteroatoms. The lowest BCUT2D eigenvalue weighted by Crippen LogP contribution is -2.33.